The second kappa shape index (κ2) is 4.85. The molecule has 88 valence electrons. The van der Waals surface area contributed by atoms with E-state index in [-0.39, 0.29) is 5.28 Å². The van der Waals surface area contributed by atoms with E-state index in [9.17, 15) is 0 Å². The lowest BCUT2D eigenvalue weighted by molar-refractivity contribution is 0.962. The van der Waals surface area contributed by atoms with Gasteiger partial charge in [-0.1, -0.05) is 11.6 Å². The SMILES string of the molecule is CN(C)c1nc(Cl)nc(-c2ccc(Cl)cc2)n1. The Morgan fingerprint density at radius 2 is 1.59 bits per heavy atom. The summed E-state index contributed by atoms with van der Waals surface area (Å²) in [5, 5.41) is 0.843. The molecule has 17 heavy (non-hydrogen) atoms. The maximum absolute atomic E-state index is 5.86. The number of aromatic nitrogens is 3. The van der Waals surface area contributed by atoms with E-state index in [1.54, 1.807) is 17.0 Å². The predicted octanol–water partition coefficient (Wildman–Crippen LogP) is 2.91. The molecule has 0 aliphatic heterocycles. The lowest BCUT2D eigenvalue weighted by Crippen LogP contribution is -2.13. The molecule has 1 heterocycles. The maximum atomic E-state index is 5.86. The Hall–Kier alpha value is -1.39. The molecular formula is C11H10Cl2N4. The standard InChI is InChI=1S/C11H10Cl2N4/c1-17(2)11-15-9(14-10(13)16-11)7-3-5-8(12)6-4-7/h3-6H,1-2H3. The summed E-state index contributed by atoms with van der Waals surface area (Å²) in [4.78, 5) is 14.2. The molecule has 0 spiro atoms. The van der Waals surface area contributed by atoms with E-state index >= 15 is 0 Å². The topological polar surface area (TPSA) is 41.9 Å². The van der Waals surface area contributed by atoms with Gasteiger partial charge in [0.1, 0.15) is 0 Å². The molecule has 0 unspecified atom stereocenters. The molecule has 4 nitrogen and oxygen atoms in total. The fourth-order valence-electron chi connectivity index (χ4n) is 1.27. The highest BCUT2D eigenvalue weighted by molar-refractivity contribution is 6.30. The monoisotopic (exact) mass is 268 g/mol. The van der Waals surface area contributed by atoms with Crippen LogP contribution in [0, 0.1) is 0 Å². The highest BCUT2D eigenvalue weighted by Gasteiger charge is 2.08. The summed E-state index contributed by atoms with van der Waals surface area (Å²) in [6, 6.07) is 7.24. The van der Waals surface area contributed by atoms with Crippen LogP contribution in [0.5, 0.6) is 0 Å². The summed E-state index contributed by atoms with van der Waals surface area (Å²) in [5.74, 6) is 1.06. The van der Waals surface area contributed by atoms with Gasteiger partial charge in [-0.2, -0.15) is 15.0 Å². The molecule has 2 aromatic rings. The van der Waals surface area contributed by atoms with Crippen molar-refractivity contribution in [2.45, 2.75) is 0 Å². The first kappa shape index (κ1) is 12.1. The van der Waals surface area contributed by atoms with Crippen LogP contribution in [-0.2, 0) is 0 Å². The molecule has 0 fully saturated rings. The molecule has 0 saturated heterocycles. The summed E-state index contributed by atoms with van der Waals surface area (Å²) in [7, 11) is 3.69. The third kappa shape index (κ3) is 2.84. The minimum atomic E-state index is 0.175. The largest absolute Gasteiger partial charge is 0.347 e. The Kier molecular flexibility index (Phi) is 3.45. The van der Waals surface area contributed by atoms with E-state index < -0.39 is 0 Å². The summed E-state index contributed by atoms with van der Waals surface area (Å²) in [6.45, 7) is 0. The van der Waals surface area contributed by atoms with Gasteiger partial charge in [0.25, 0.3) is 0 Å². The molecular weight excluding hydrogens is 259 g/mol. The van der Waals surface area contributed by atoms with Crippen LogP contribution in [0.15, 0.2) is 24.3 Å². The normalized spacial score (nSPS) is 10.4. The minimum absolute atomic E-state index is 0.175. The number of nitrogens with zero attached hydrogens (tertiary/aromatic N) is 4. The highest BCUT2D eigenvalue weighted by atomic mass is 35.5. The molecule has 2 rings (SSSR count). The summed E-state index contributed by atoms with van der Waals surface area (Å²) in [5.41, 5.74) is 0.849. The van der Waals surface area contributed by atoms with Crippen LogP contribution >= 0.6 is 23.2 Å². The number of halogens is 2. The lowest BCUT2D eigenvalue weighted by Gasteiger charge is -2.10. The smallest absolute Gasteiger partial charge is 0.229 e. The number of hydrogen-bond donors (Lipinski definition) is 0. The average Bonchev–Trinajstić information content (AvgIpc) is 2.29. The fraction of sp³-hybridized carbons (Fsp3) is 0.182. The van der Waals surface area contributed by atoms with Crippen molar-refractivity contribution >= 4 is 29.2 Å². The van der Waals surface area contributed by atoms with Gasteiger partial charge in [-0.3, -0.25) is 0 Å². The quantitative estimate of drug-likeness (QED) is 0.840. The van der Waals surface area contributed by atoms with Crippen LogP contribution in [0.1, 0.15) is 0 Å². The molecule has 0 atom stereocenters. The Morgan fingerprint density at radius 1 is 0.941 bits per heavy atom. The van der Waals surface area contributed by atoms with Crippen molar-refractivity contribution < 1.29 is 0 Å². The third-order valence-corrected chi connectivity index (χ3v) is 2.52. The molecule has 0 saturated carbocycles. The first-order valence-electron chi connectivity index (χ1n) is 4.91. The van der Waals surface area contributed by atoms with Gasteiger partial charge in [-0.15, -0.1) is 0 Å². The van der Waals surface area contributed by atoms with Crippen molar-refractivity contribution in [3.05, 3.63) is 34.6 Å². The van der Waals surface area contributed by atoms with E-state index in [1.165, 1.54) is 0 Å². The van der Waals surface area contributed by atoms with Crippen LogP contribution in [-0.4, -0.2) is 29.0 Å². The molecule has 0 amide bonds. The second-order valence-electron chi connectivity index (χ2n) is 3.63. The van der Waals surface area contributed by atoms with E-state index in [0.717, 1.165) is 5.56 Å². The number of benzene rings is 1. The number of anilines is 1. The minimum Gasteiger partial charge on any atom is -0.347 e. The zero-order valence-corrected chi connectivity index (χ0v) is 10.9. The predicted molar refractivity (Wildman–Crippen MR) is 69.6 cm³/mol. The molecule has 1 aromatic heterocycles. The number of rotatable bonds is 2. The summed E-state index contributed by atoms with van der Waals surface area (Å²) < 4.78 is 0. The van der Waals surface area contributed by atoms with Crippen molar-refractivity contribution in [3.8, 4) is 11.4 Å². The highest BCUT2D eigenvalue weighted by Crippen LogP contribution is 2.20. The molecule has 6 heteroatoms. The van der Waals surface area contributed by atoms with Gasteiger partial charge in [0, 0.05) is 24.7 Å². The van der Waals surface area contributed by atoms with Gasteiger partial charge >= 0.3 is 0 Å². The van der Waals surface area contributed by atoms with Crippen molar-refractivity contribution in [1.82, 2.24) is 15.0 Å². The molecule has 0 radical (unpaired) electrons. The van der Waals surface area contributed by atoms with Gasteiger partial charge in [-0.25, -0.2) is 0 Å². The lowest BCUT2D eigenvalue weighted by atomic mass is 10.2. The first-order valence-corrected chi connectivity index (χ1v) is 5.66. The van der Waals surface area contributed by atoms with Crippen LogP contribution in [0.25, 0.3) is 11.4 Å². The fourth-order valence-corrected chi connectivity index (χ4v) is 1.55. The Morgan fingerprint density at radius 3 is 2.18 bits per heavy atom. The zero-order valence-electron chi connectivity index (χ0n) is 9.35. The van der Waals surface area contributed by atoms with Gasteiger partial charge in [0.15, 0.2) is 5.82 Å². The Labute approximate surface area is 109 Å². The molecule has 0 aliphatic carbocycles. The van der Waals surface area contributed by atoms with Gasteiger partial charge < -0.3 is 4.90 Å². The van der Waals surface area contributed by atoms with Crippen LogP contribution < -0.4 is 4.90 Å². The van der Waals surface area contributed by atoms with Crippen molar-refractivity contribution in [3.63, 3.8) is 0 Å². The summed E-state index contributed by atoms with van der Waals surface area (Å²) >= 11 is 11.7. The Balaban J connectivity index is 2.48. The van der Waals surface area contributed by atoms with E-state index in [2.05, 4.69) is 15.0 Å². The van der Waals surface area contributed by atoms with Gasteiger partial charge in [-0.05, 0) is 35.9 Å². The van der Waals surface area contributed by atoms with Crippen LogP contribution in [0.4, 0.5) is 5.95 Å². The summed E-state index contributed by atoms with van der Waals surface area (Å²) in [6.07, 6.45) is 0. The average molecular weight is 269 g/mol. The van der Waals surface area contributed by atoms with Crippen LogP contribution in [0.2, 0.25) is 10.3 Å². The number of hydrogen-bond acceptors (Lipinski definition) is 4. The van der Waals surface area contributed by atoms with Crippen molar-refractivity contribution in [1.29, 1.82) is 0 Å². The van der Waals surface area contributed by atoms with E-state index in [0.29, 0.717) is 16.8 Å². The van der Waals surface area contributed by atoms with Crippen molar-refractivity contribution in [2.75, 3.05) is 19.0 Å². The zero-order chi connectivity index (χ0) is 12.4. The van der Waals surface area contributed by atoms with Crippen molar-refractivity contribution in [2.24, 2.45) is 0 Å². The maximum Gasteiger partial charge on any atom is 0.229 e. The molecule has 0 N–H and O–H groups in total. The second-order valence-corrected chi connectivity index (χ2v) is 4.40. The Bertz CT molecular complexity index is 525. The first-order chi connectivity index (χ1) is 8.06. The van der Waals surface area contributed by atoms with Crippen LogP contribution in [0.3, 0.4) is 0 Å². The molecule has 0 bridgehead atoms. The molecule has 1 aromatic carbocycles. The van der Waals surface area contributed by atoms with Gasteiger partial charge in [0.2, 0.25) is 11.2 Å². The third-order valence-electron chi connectivity index (χ3n) is 2.10. The van der Waals surface area contributed by atoms with Gasteiger partial charge in [0.05, 0.1) is 0 Å². The van der Waals surface area contributed by atoms with E-state index in [4.69, 9.17) is 23.2 Å². The van der Waals surface area contributed by atoms with E-state index in [1.807, 2.05) is 26.2 Å². The molecule has 0 aliphatic rings.